The van der Waals surface area contributed by atoms with Crippen LogP contribution in [0.3, 0.4) is 0 Å². The van der Waals surface area contributed by atoms with E-state index in [-0.39, 0.29) is 18.3 Å². The topological polar surface area (TPSA) is 0 Å². The van der Waals surface area contributed by atoms with Gasteiger partial charge in [-0.15, -0.1) is 11.6 Å². The molecule has 0 fully saturated rings. The molecule has 242 valence electrons. The quantitative estimate of drug-likeness (QED) is 0.137. The first-order chi connectivity index (χ1) is 21.0. The number of hydrogen-bond acceptors (Lipinski definition) is 0. The number of fused-ring (bicyclic) bond motifs is 5. The Morgan fingerprint density at radius 1 is 0.783 bits per heavy atom. The van der Waals surface area contributed by atoms with Gasteiger partial charge in [0.1, 0.15) is 0 Å². The smallest absolute Gasteiger partial charge is 0.358 e. The summed E-state index contributed by atoms with van der Waals surface area (Å²) < 4.78 is 3.34. The van der Waals surface area contributed by atoms with E-state index in [1.54, 1.807) is 5.20 Å². The molecule has 0 N–H and O–H groups in total. The molecule has 0 saturated heterocycles. The number of allylic oxidation sites excluding steroid dienone is 8. The first-order valence-corrected chi connectivity index (χ1v) is 21.5. The molecule has 4 aliphatic carbocycles. The first-order valence-electron chi connectivity index (χ1n) is 16.3. The molecule has 0 nitrogen and oxygen atoms in total. The molecule has 0 heterocycles. The van der Waals surface area contributed by atoms with E-state index in [2.05, 4.69) is 141 Å². The molecule has 46 heavy (non-hydrogen) atoms. The Morgan fingerprint density at radius 3 is 1.78 bits per heavy atom. The number of hydrogen-bond donors (Lipinski definition) is 0. The van der Waals surface area contributed by atoms with Gasteiger partial charge in [0.15, 0.2) is 0 Å². The minimum Gasteiger partial charge on any atom is -0.358 e. The molecular weight excluding hydrogens is 648 g/mol. The van der Waals surface area contributed by atoms with Gasteiger partial charge >= 0.3 is 28.4 Å². The van der Waals surface area contributed by atoms with E-state index in [1.165, 1.54) is 91.0 Å². The van der Waals surface area contributed by atoms with E-state index in [0.717, 1.165) is 6.42 Å². The van der Waals surface area contributed by atoms with Crippen molar-refractivity contribution >= 4 is 23.4 Å². The van der Waals surface area contributed by atoms with Crippen molar-refractivity contribution in [3.63, 3.8) is 0 Å². The van der Waals surface area contributed by atoms with E-state index in [1.807, 2.05) is 24.3 Å². The van der Waals surface area contributed by atoms with Gasteiger partial charge in [-0.2, -0.15) is 47.5 Å². The van der Waals surface area contributed by atoms with Crippen LogP contribution in [0.15, 0.2) is 71.5 Å². The van der Waals surface area contributed by atoms with Gasteiger partial charge in [0.05, 0.1) is 0 Å². The maximum Gasteiger partial charge on any atom is -0.358 e. The predicted octanol–water partition coefficient (Wildman–Crippen LogP) is 11.9. The van der Waals surface area contributed by atoms with E-state index >= 15 is 0 Å². The Bertz CT molecular complexity index is 1630. The molecule has 1 unspecified atom stereocenters. The van der Waals surface area contributed by atoms with Crippen LogP contribution in [-0.4, -0.2) is 12.3 Å². The van der Waals surface area contributed by atoms with Crippen molar-refractivity contribution in [2.75, 3.05) is 0 Å². The monoisotopic (exact) mass is 700 g/mol. The summed E-state index contributed by atoms with van der Waals surface area (Å²) in [5.74, 6) is 0.553. The molecular formula is C44H54SiZr-4. The third-order valence-electron chi connectivity index (χ3n) is 9.39. The van der Waals surface area contributed by atoms with Crippen LogP contribution in [0.1, 0.15) is 94.3 Å². The fraction of sp³-hybridized carbons (Fsp3) is 0.364. The molecule has 0 aliphatic heterocycles. The van der Waals surface area contributed by atoms with Crippen molar-refractivity contribution in [3.8, 4) is 11.1 Å². The van der Waals surface area contributed by atoms with Crippen LogP contribution in [0, 0.1) is 38.5 Å². The molecule has 0 amide bonds. The van der Waals surface area contributed by atoms with Crippen molar-refractivity contribution in [2.45, 2.75) is 99.2 Å². The Morgan fingerprint density at radius 2 is 1.33 bits per heavy atom. The van der Waals surface area contributed by atoms with Crippen molar-refractivity contribution in [1.29, 1.82) is 0 Å². The van der Waals surface area contributed by atoms with Gasteiger partial charge in [-0.3, -0.25) is 12.2 Å². The molecule has 4 aliphatic rings. The molecule has 3 aromatic carbocycles. The molecule has 0 spiro atoms. The van der Waals surface area contributed by atoms with Crippen LogP contribution in [0.25, 0.3) is 22.3 Å². The van der Waals surface area contributed by atoms with E-state index in [4.69, 9.17) is 0 Å². The molecule has 3 aromatic rings. The fourth-order valence-corrected chi connectivity index (χ4v) is 9.34. The van der Waals surface area contributed by atoms with Crippen LogP contribution in [0.5, 0.6) is 0 Å². The standard InChI is InChI=1S/C25H25.C10H17Si.C7H7.CH3.CH2.Zr/c1-14-12-24(3,4)22-8-16-7-17-9-23-19(15(2)13-25(23,5)6)11-21(17)20(16)10-18(14)22;1-8-6-9(2)10(7-8)11(3,4)5;1-7-5-3-2-4-6-7;;;/h8-12H,7H2,1-6H3;7-8H,1-5H3;3-6H,1H3;1H3;1H2;/q4*-1;;. The summed E-state index contributed by atoms with van der Waals surface area (Å²) in [6.45, 7) is 27.3. The van der Waals surface area contributed by atoms with Gasteiger partial charge in [-0.25, -0.2) is 16.3 Å². The van der Waals surface area contributed by atoms with Crippen molar-refractivity contribution in [2.24, 2.45) is 5.92 Å². The molecule has 1 atom stereocenters. The van der Waals surface area contributed by atoms with E-state index in [0.29, 0.717) is 5.92 Å². The first kappa shape index (κ1) is 38.0. The second kappa shape index (κ2) is 14.4. The molecule has 0 aromatic heterocycles. The summed E-state index contributed by atoms with van der Waals surface area (Å²) >= 11 is 1.30. The number of benzene rings is 3. The van der Waals surface area contributed by atoms with Crippen LogP contribution in [0.4, 0.5) is 0 Å². The normalized spacial score (nSPS) is 18.5. The summed E-state index contributed by atoms with van der Waals surface area (Å²) in [5.41, 5.74) is 17.2. The Balaban J connectivity index is 0.000000228. The van der Waals surface area contributed by atoms with E-state index < -0.39 is 8.07 Å². The van der Waals surface area contributed by atoms with Crippen LogP contribution in [-0.2, 0) is 41.5 Å². The average Bonchev–Trinajstić information content (AvgIpc) is 3.63. The minimum absolute atomic E-state index is 0. The summed E-state index contributed by atoms with van der Waals surface area (Å²) in [6, 6.07) is 20.6. The van der Waals surface area contributed by atoms with Crippen LogP contribution >= 0.6 is 0 Å². The summed E-state index contributed by atoms with van der Waals surface area (Å²) in [4.78, 5) is 0. The molecule has 0 radical (unpaired) electrons. The summed E-state index contributed by atoms with van der Waals surface area (Å²) in [6.07, 6.45) is 12.9. The summed E-state index contributed by atoms with van der Waals surface area (Å²) in [5, 5.41) is 1.60. The Kier molecular flexibility index (Phi) is 11.9. The van der Waals surface area contributed by atoms with Crippen LogP contribution in [0.2, 0.25) is 19.6 Å². The molecule has 0 saturated carbocycles. The van der Waals surface area contributed by atoms with Gasteiger partial charge in [0.25, 0.3) is 0 Å². The zero-order chi connectivity index (χ0) is 33.5. The van der Waals surface area contributed by atoms with Gasteiger partial charge < -0.3 is 7.43 Å². The summed E-state index contributed by atoms with van der Waals surface area (Å²) in [7, 11) is -1.07. The number of aryl methyl sites for hydroxylation is 1. The predicted molar refractivity (Wildman–Crippen MR) is 203 cm³/mol. The van der Waals surface area contributed by atoms with Crippen molar-refractivity contribution < 1.29 is 24.2 Å². The SMILES string of the molecule is CC1=[C-]C(C)(C)c2cc3c(cc21)-c1cc2c(cc1C3)C(C)(C)C=C2C.CC1=[C-]C(C)C=C1[Si](C)(C)C.Cc1cc[c-]cc1.[CH2]=[Zr].[CH3-]. The fourth-order valence-electron chi connectivity index (χ4n) is 7.39. The van der Waals surface area contributed by atoms with Gasteiger partial charge in [0.2, 0.25) is 0 Å². The average molecular weight is 702 g/mol. The van der Waals surface area contributed by atoms with Gasteiger partial charge in [0, 0.05) is 5.41 Å². The Labute approximate surface area is 298 Å². The molecule has 2 heteroatoms. The Hall–Kier alpha value is -2.41. The van der Waals surface area contributed by atoms with Gasteiger partial charge in [-0.1, -0.05) is 105 Å². The van der Waals surface area contributed by atoms with Gasteiger partial charge in [-0.05, 0) is 66.4 Å². The second-order valence-corrected chi connectivity index (χ2v) is 20.2. The molecule has 0 bridgehead atoms. The third kappa shape index (κ3) is 7.82. The zero-order valence-corrected chi connectivity index (χ0v) is 34.2. The largest absolute Gasteiger partial charge is 0.358 e. The second-order valence-electron chi connectivity index (χ2n) is 15.2. The maximum atomic E-state index is 3.65. The maximum absolute atomic E-state index is 3.65. The third-order valence-corrected chi connectivity index (χ3v) is 11.5. The van der Waals surface area contributed by atoms with E-state index in [9.17, 15) is 0 Å². The van der Waals surface area contributed by atoms with Crippen LogP contribution < -0.4 is 0 Å². The van der Waals surface area contributed by atoms with Crippen molar-refractivity contribution in [3.05, 3.63) is 136 Å². The number of rotatable bonds is 1. The zero-order valence-electron chi connectivity index (χ0n) is 30.8. The van der Waals surface area contributed by atoms with Crippen molar-refractivity contribution in [1.82, 2.24) is 0 Å². The molecule has 7 rings (SSSR count). The minimum atomic E-state index is -1.07.